The van der Waals surface area contributed by atoms with Gasteiger partial charge in [-0.15, -0.1) is 24.0 Å². The Morgan fingerprint density at radius 2 is 1.74 bits per heavy atom. The van der Waals surface area contributed by atoms with Gasteiger partial charge in [-0.1, -0.05) is 24.3 Å². The van der Waals surface area contributed by atoms with Crippen LogP contribution in [0.1, 0.15) is 11.1 Å². The molecule has 0 saturated carbocycles. The van der Waals surface area contributed by atoms with E-state index in [1.54, 1.807) is 7.05 Å². The first-order valence-electron chi connectivity index (χ1n) is 7.84. The van der Waals surface area contributed by atoms with Crippen molar-refractivity contribution in [3.63, 3.8) is 0 Å². The van der Waals surface area contributed by atoms with Gasteiger partial charge < -0.3 is 16.0 Å². The van der Waals surface area contributed by atoms with E-state index in [1.807, 2.05) is 31.2 Å². The molecule has 0 spiro atoms. The van der Waals surface area contributed by atoms with Crippen molar-refractivity contribution in [1.82, 2.24) is 10.6 Å². The van der Waals surface area contributed by atoms with E-state index >= 15 is 0 Å². The molecule has 0 aliphatic carbocycles. The van der Waals surface area contributed by atoms with Crippen LogP contribution in [0.4, 0.5) is 18.9 Å². The minimum absolute atomic E-state index is 0. The molecule has 0 saturated heterocycles. The van der Waals surface area contributed by atoms with Gasteiger partial charge in [0, 0.05) is 13.6 Å². The number of hydrogen-bond acceptors (Lipinski definition) is 2. The van der Waals surface area contributed by atoms with E-state index < -0.39 is 29.0 Å². The number of anilines is 1. The molecule has 9 heteroatoms. The summed E-state index contributed by atoms with van der Waals surface area (Å²) in [5.74, 6) is -4.66. The van der Waals surface area contributed by atoms with Crippen molar-refractivity contribution in [3.05, 3.63) is 65.0 Å². The third kappa shape index (κ3) is 6.42. The van der Waals surface area contributed by atoms with E-state index in [4.69, 9.17) is 0 Å². The molecule has 0 heterocycles. The van der Waals surface area contributed by atoms with Crippen LogP contribution < -0.4 is 16.0 Å². The largest absolute Gasteiger partial charge is 0.352 e. The molecule has 1 amide bonds. The molecular weight excluding hydrogens is 472 g/mol. The number of hydrogen-bond donors (Lipinski definition) is 3. The van der Waals surface area contributed by atoms with Crippen LogP contribution in [0.25, 0.3) is 0 Å². The van der Waals surface area contributed by atoms with Gasteiger partial charge in [-0.05, 0) is 30.2 Å². The van der Waals surface area contributed by atoms with Gasteiger partial charge in [0.15, 0.2) is 23.4 Å². The fourth-order valence-electron chi connectivity index (χ4n) is 2.19. The van der Waals surface area contributed by atoms with E-state index in [0.29, 0.717) is 12.5 Å². The number of nitrogens with one attached hydrogen (secondary N) is 3. The summed E-state index contributed by atoms with van der Waals surface area (Å²) in [5.41, 5.74) is 1.75. The van der Waals surface area contributed by atoms with Crippen LogP contribution in [0.3, 0.4) is 0 Å². The molecule has 0 atom stereocenters. The Bertz CT molecular complexity index is 830. The normalized spacial score (nSPS) is 10.8. The van der Waals surface area contributed by atoms with Gasteiger partial charge in [-0.25, -0.2) is 13.2 Å². The third-order valence-electron chi connectivity index (χ3n) is 3.66. The predicted octanol–water partition coefficient (Wildman–Crippen LogP) is 3.33. The molecule has 0 bridgehead atoms. The van der Waals surface area contributed by atoms with Crippen LogP contribution >= 0.6 is 24.0 Å². The standard InChI is InChI=1S/C18H19F3N4O.HI/c1-11-5-3-4-6-12(11)9-23-18(22-2)24-10-15(26)25-14-8-7-13(19)16(20)17(14)21;/h3-8H,9-10H2,1-2H3,(H,25,26)(H2,22,23,24);1H. The highest BCUT2D eigenvalue weighted by Gasteiger charge is 2.15. The zero-order valence-corrected chi connectivity index (χ0v) is 17.1. The summed E-state index contributed by atoms with van der Waals surface area (Å²) < 4.78 is 39.6. The zero-order chi connectivity index (χ0) is 19.1. The smallest absolute Gasteiger partial charge is 0.243 e. The molecule has 0 aliphatic heterocycles. The van der Waals surface area contributed by atoms with Crippen molar-refractivity contribution in [2.45, 2.75) is 13.5 Å². The summed E-state index contributed by atoms with van der Waals surface area (Å²) in [4.78, 5) is 15.9. The second-order valence-electron chi connectivity index (χ2n) is 5.48. The van der Waals surface area contributed by atoms with Gasteiger partial charge in [-0.2, -0.15) is 0 Å². The lowest BCUT2D eigenvalue weighted by molar-refractivity contribution is -0.115. The number of aliphatic imine (C=N–C) groups is 1. The van der Waals surface area contributed by atoms with Gasteiger partial charge in [0.2, 0.25) is 5.91 Å². The zero-order valence-electron chi connectivity index (χ0n) is 14.8. The fourth-order valence-corrected chi connectivity index (χ4v) is 2.19. The Hall–Kier alpha value is -2.30. The SMILES string of the molecule is CN=C(NCC(=O)Nc1ccc(F)c(F)c1F)NCc1ccccc1C.I. The number of aryl methyl sites for hydroxylation is 1. The number of rotatable bonds is 5. The molecule has 0 aromatic heterocycles. The van der Waals surface area contributed by atoms with Crippen molar-refractivity contribution >= 4 is 41.5 Å². The summed E-state index contributed by atoms with van der Waals surface area (Å²) in [6.45, 7) is 2.26. The Balaban J connectivity index is 0.00000364. The number of benzene rings is 2. The molecule has 0 unspecified atom stereocenters. The maximum atomic E-state index is 13.5. The number of amides is 1. The molecule has 0 fully saturated rings. The molecular formula is C18H20F3IN4O. The predicted molar refractivity (Wildman–Crippen MR) is 110 cm³/mol. The lowest BCUT2D eigenvalue weighted by atomic mass is 10.1. The van der Waals surface area contributed by atoms with E-state index in [0.717, 1.165) is 23.3 Å². The molecule has 2 rings (SSSR count). The number of guanidine groups is 1. The molecule has 27 heavy (non-hydrogen) atoms. The Morgan fingerprint density at radius 1 is 1.04 bits per heavy atom. The van der Waals surface area contributed by atoms with E-state index in [1.165, 1.54) is 0 Å². The van der Waals surface area contributed by atoms with Crippen molar-refractivity contribution in [2.75, 3.05) is 18.9 Å². The molecule has 2 aromatic carbocycles. The maximum Gasteiger partial charge on any atom is 0.243 e. The lowest BCUT2D eigenvalue weighted by Crippen LogP contribution is -2.41. The van der Waals surface area contributed by atoms with Gasteiger partial charge in [-0.3, -0.25) is 9.79 Å². The van der Waals surface area contributed by atoms with Crippen LogP contribution in [-0.4, -0.2) is 25.5 Å². The minimum Gasteiger partial charge on any atom is -0.352 e. The summed E-state index contributed by atoms with van der Waals surface area (Å²) in [7, 11) is 1.54. The summed E-state index contributed by atoms with van der Waals surface area (Å²) in [5, 5.41) is 7.98. The second-order valence-corrected chi connectivity index (χ2v) is 5.48. The highest BCUT2D eigenvalue weighted by Crippen LogP contribution is 2.19. The van der Waals surface area contributed by atoms with Crippen molar-refractivity contribution < 1.29 is 18.0 Å². The quantitative estimate of drug-likeness (QED) is 0.260. The average molecular weight is 492 g/mol. The Labute approximate surface area is 172 Å². The second kappa shape index (κ2) is 10.8. The van der Waals surface area contributed by atoms with Crippen LogP contribution in [0.15, 0.2) is 41.4 Å². The number of carbonyl (C=O) groups excluding carboxylic acids is 1. The van der Waals surface area contributed by atoms with Crippen molar-refractivity contribution in [2.24, 2.45) is 4.99 Å². The molecule has 3 N–H and O–H groups in total. The van der Waals surface area contributed by atoms with Gasteiger partial charge in [0.1, 0.15) is 0 Å². The number of carbonyl (C=O) groups is 1. The first-order chi connectivity index (χ1) is 12.4. The first-order valence-corrected chi connectivity index (χ1v) is 7.84. The monoisotopic (exact) mass is 492 g/mol. The molecule has 0 radical (unpaired) electrons. The van der Waals surface area contributed by atoms with Crippen LogP contribution in [0.5, 0.6) is 0 Å². The summed E-state index contributed by atoms with van der Waals surface area (Å²) >= 11 is 0. The minimum atomic E-state index is -1.63. The summed E-state index contributed by atoms with van der Waals surface area (Å²) in [6, 6.07) is 9.50. The molecule has 5 nitrogen and oxygen atoms in total. The number of halogens is 4. The summed E-state index contributed by atoms with van der Waals surface area (Å²) in [6.07, 6.45) is 0. The van der Waals surface area contributed by atoms with Gasteiger partial charge in [0.25, 0.3) is 0 Å². The van der Waals surface area contributed by atoms with Gasteiger partial charge >= 0.3 is 0 Å². The van der Waals surface area contributed by atoms with Crippen LogP contribution in [-0.2, 0) is 11.3 Å². The van der Waals surface area contributed by atoms with Crippen molar-refractivity contribution in [1.29, 1.82) is 0 Å². The lowest BCUT2D eigenvalue weighted by Gasteiger charge is -2.13. The maximum absolute atomic E-state index is 13.5. The fraction of sp³-hybridized carbons (Fsp3) is 0.222. The van der Waals surface area contributed by atoms with E-state index in [-0.39, 0.29) is 30.5 Å². The van der Waals surface area contributed by atoms with Crippen LogP contribution in [0.2, 0.25) is 0 Å². The molecule has 0 aliphatic rings. The Morgan fingerprint density at radius 3 is 2.41 bits per heavy atom. The highest BCUT2D eigenvalue weighted by atomic mass is 127. The third-order valence-corrected chi connectivity index (χ3v) is 3.66. The van der Waals surface area contributed by atoms with Crippen LogP contribution in [0, 0.1) is 24.4 Å². The van der Waals surface area contributed by atoms with Gasteiger partial charge in [0.05, 0.1) is 12.2 Å². The number of nitrogens with zero attached hydrogens (tertiary/aromatic N) is 1. The molecule has 2 aromatic rings. The highest BCUT2D eigenvalue weighted by molar-refractivity contribution is 14.0. The van der Waals surface area contributed by atoms with E-state index in [2.05, 4.69) is 20.9 Å². The molecule has 146 valence electrons. The first kappa shape index (κ1) is 22.7. The average Bonchev–Trinajstić information content (AvgIpc) is 2.63. The topological polar surface area (TPSA) is 65.5 Å². The Kier molecular flexibility index (Phi) is 9.06. The van der Waals surface area contributed by atoms with Crippen molar-refractivity contribution in [3.8, 4) is 0 Å². The van der Waals surface area contributed by atoms with E-state index in [9.17, 15) is 18.0 Å².